The Hall–Kier alpha value is -3.07. The first kappa shape index (κ1) is 32.9. The van der Waals surface area contributed by atoms with Gasteiger partial charge in [0, 0.05) is 18.2 Å². The van der Waals surface area contributed by atoms with Crippen LogP contribution in [0.3, 0.4) is 0 Å². The zero-order valence-corrected chi connectivity index (χ0v) is 23.1. The number of anilines is 1. The number of nitrogens with two attached hydrogens (primary N) is 1. The Morgan fingerprint density at radius 1 is 1.25 bits per heavy atom. The van der Waals surface area contributed by atoms with Crippen LogP contribution >= 0.6 is 0 Å². The molecular weight excluding hydrogens is 463 g/mol. The van der Waals surface area contributed by atoms with Gasteiger partial charge in [-0.05, 0) is 43.4 Å². The Morgan fingerprint density at radius 2 is 1.86 bits per heavy atom. The largest absolute Gasteiger partial charge is 0.443 e. The SMILES string of the molecule is C/C=C\N(COC(=O)C(N)[C@@H](C)CC)C(C)=NC(=O)c1ccc(NC(=O)CC(C)(C)C)c(F)c1.CC. The Labute approximate surface area is 215 Å². The molecule has 0 fully saturated rings. The molecule has 9 heteroatoms. The van der Waals surface area contributed by atoms with Crippen LogP contribution in [-0.4, -0.2) is 41.3 Å². The normalized spacial score (nSPS) is 13.4. The monoisotopic (exact) mass is 506 g/mol. The lowest BCUT2D eigenvalue weighted by molar-refractivity contribution is -0.148. The average molecular weight is 507 g/mol. The third-order valence-electron chi connectivity index (χ3n) is 5.06. The van der Waals surface area contributed by atoms with Gasteiger partial charge in [-0.2, -0.15) is 4.99 Å². The van der Waals surface area contributed by atoms with Gasteiger partial charge in [-0.1, -0.05) is 61.0 Å². The molecule has 1 rings (SSSR count). The molecule has 0 spiro atoms. The minimum absolute atomic E-state index is 0.00777. The number of amidine groups is 1. The van der Waals surface area contributed by atoms with Gasteiger partial charge in [0.05, 0.1) is 5.69 Å². The Kier molecular flexibility index (Phi) is 14.5. The van der Waals surface area contributed by atoms with Gasteiger partial charge in [-0.15, -0.1) is 0 Å². The molecule has 0 saturated heterocycles. The molecule has 2 atom stereocenters. The fourth-order valence-corrected chi connectivity index (χ4v) is 2.84. The molecule has 0 aliphatic carbocycles. The number of amides is 2. The number of halogens is 1. The predicted octanol–water partition coefficient (Wildman–Crippen LogP) is 5.49. The van der Waals surface area contributed by atoms with Crippen LogP contribution in [0.2, 0.25) is 0 Å². The minimum Gasteiger partial charge on any atom is -0.443 e. The zero-order valence-electron chi connectivity index (χ0n) is 23.1. The highest BCUT2D eigenvalue weighted by Gasteiger charge is 2.22. The van der Waals surface area contributed by atoms with Gasteiger partial charge in [0.1, 0.15) is 17.7 Å². The van der Waals surface area contributed by atoms with Gasteiger partial charge in [-0.25, -0.2) is 4.39 Å². The van der Waals surface area contributed by atoms with Gasteiger partial charge in [0.2, 0.25) is 5.91 Å². The number of carbonyl (C=O) groups excluding carboxylic acids is 3. The van der Waals surface area contributed by atoms with Crippen molar-refractivity contribution in [3.63, 3.8) is 0 Å². The van der Waals surface area contributed by atoms with Crippen molar-refractivity contribution in [2.45, 2.75) is 81.2 Å². The van der Waals surface area contributed by atoms with Crippen LogP contribution in [0.4, 0.5) is 10.1 Å². The molecule has 0 aliphatic rings. The molecule has 8 nitrogen and oxygen atoms in total. The molecule has 36 heavy (non-hydrogen) atoms. The summed E-state index contributed by atoms with van der Waals surface area (Å²) in [5.41, 5.74) is 5.66. The molecule has 0 heterocycles. The van der Waals surface area contributed by atoms with Crippen molar-refractivity contribution in [3.05, 3.63) is 41.9 Å². The molecule has 0 bridgehead atoms. The lowest BCUT2D eigenvalue weighted by atomic mass is 9.92. The number of hydrogen-bond donors (Lipinski definition) is 2. The van der Waals surface area contributed by atoms with Crippen LogP contribution in [0, 0.1) is 17.2 Å². The first-order valence-electron chi connectivity index (χ1n) is 12.3. The lowest BCUT2D eigenvalue weighted by Crippen LogP contribution is -2.40. The number of hydrogen-bond acceptors (Lipinski definition) is 5. The fourth-order valence-electron chi connectivity index (χ4n) is 2.84. The van der Waals surface area contributed by atoms with E-state index in [2.05, 4.69) is 10.3 Å². The van der Waals surface area contributed by atoms with E-state index in [1.54, 1.807) is 26.1 Å². The fraction of sp³-hybridized carbons (Fsp3) is 0.556. The highest BCUT2D eigenvalue weighted by atomic mass is 19.1. The maximum Gasteiger partial charge on any atom is 0.324 e. The third-order valence-corrected chi connectivity index (χ3v) is 5.06. The van der Waals surface area contributed by atoms with E-state index < -0.39 is 23.7 Å². The van der Waals surface area contributed by atoms with Gasteiger partial charge in [0.25, 0.3) is 5.91 Å². The summed E-state index contributed by atoms with van der Waals surface area (Å²) in [5, 5.41) is 2.52. The molecule has 0 aliphatic heterocycles. The summed E-state index contributed by atoms with van der Waals surface area (Å²) in [7, 11) is 0. The van der Waals surface area contributed by atoms with Crippen LogP contribution < -0.4 is 11.1 Å². The topological polar surface area (TPSA) is 114 Å². The number of benzene rings is 1. The summed E-state index contributed by atoms with van der Waals surface area (Å²) in [6.45, 7) is 16.7. The maximum absolute atomic E-state index is 14.5. The number of nitrogens with zero attached hydrogens (tertiary/aromatic N) is 2. The van der Waals surface area contributed by atoms with Crippen molar-refractivity contribution in [2.24, 2.45) is 22.1 Å². The molecule has 3 N–H and O–H groups in total. The summed E-state index contributed by atoms with van der Waals surface area (Å²) >= 11 is 0. The van der Waals surface area contributed by atoms with Crippen molar-refractivity contribution >= 4 is 29.3 Å². The van der Waals surface area contributed by atoms with E-state index in [9.17, 15) is 18.8 Å². The molecule has 1 aromatic rings. The van der Waals surface area contributed by atoms with Crippen LogP contribution in [-0.2, 0) is 14.3 Å². The molecular formula is C27H43FN4O4. The van der Waals surface area contributed by atoms with Gasteiger partial charge in [-0.3, -0.25) is 14.4 Å². The summed E-state index contributed by atoms with van der Waals surface area (Å²) in [5.74, 6) is -2.07. The van der Waals surface area contributed by atoms with Crippen molar-refractivity contribution < 1.29 is 23.5 Å². The highest BCUT2D eigenvalue weighted by molar-refractivity contribution is 6.03. The van der Waals surface area contributed by atoms with Crippen LogP contribution in [0.25, 0.3) is 0 Å². The Morgan fingerprint density at radius 3 is 2.36 bits per heavy atom. The number of nitrogens with one attached hydrogen (secondary N) is 1. The molecule has 0 aromatic heterocycles. The standard InChI is InChI=1S/C25H37FN4O4.C2H6/c1-8-12-30(15-34-24(33)22(27)16(3)9-2)17(4)28-23(32)18-10-11-20(19(26)13-18)29-21(31)14-25(5,6)7;1-2/h8,10-13,16,22H,9,14-15,27H2,1-7H3,(H,29,31);1-2H3/b12-8-,28-17?;/t16-,22?;/m0./s1. The molecule has 0 radical (unpaired) electrons. The maximum atomic E-state index is 14.5. The molecule has 0 saturated carbocycles. The summed E-state index contributed by atoms with van der Waals surface area (Å²) in [6, 6.07) is 2.99. The van der Waals surface area contributed by atoms with Crippen molar-refractivity contribution in [1.29, 1.82) is 0 Å². The predicted molar refractivity (Wildman–Crippen MR) is 143 cm³/mol. The lowest BCUT2D eigenvalue weighted by Gasteiger charge is -2.22. The number of aliphatic imine (C=N–C) groups is 1. The number of ether oxygens (including phenoxy) is 1. The van der Waals surface area contributed by atoms with Crippen molar-refractivity contribution in [2.75, 3.05) is 12.0 Å². The minimum atomic E-state index is -0.748. The molecule has 1 unspecified atom stereocenters. The Balaban J connectivity index is 0.00000596. The smallest absolute Gasteiger partial charge is 0.324 e. The summed E-state index contributed by atoms with van der Waals surface area (Å²) in [4.78, 5) is 42.3. The highest BCUT2D eigenvalue weighted by Crippen LogP contribution is 2.21. The molecule has 1 aromatic carbocycles. The second-order valence-electron chi connectivity index (χ2n) is 9.40. The van der Waals surface area contributed by atoms with Crippen LogP contribution in [0.15, 0.2) is 35.5 Å². The quantitative estimate of drug-likeness (QED) is 0.198. The van der Waals surface area contributed by atoms with E-state index in [4.69, 9.17) is 10.5 Å². The van der Waals surface area contributed by atoms with E-state index in [1.165, 1.54) is 17.0 Å². The first-order valence-corrected chi connectivity index (χ1v) is 12.3. The van der Waals surface area contributed by atoms with E-state index in [-0.39, 0.29) is 47.5 Å². The van der Waals surface area contributed by atoms with E-state index in [0.29, 0.717) is 0 Å². The number of rotatable bonds is 9. The average Bonchev–Trinajstić information content (AvgIpc) is 2.81. The van der Waals surface area contributed by atoms with Crippen LogP contribution in [0.1, 0.15) is 85.5 Å². The second-order valence-corrected chi connectivity index (χ2v) is 9.40. The number of carbonyl (C=O) groups is 3. The first-order chi connectivity index (χ1) is 16.8. The van der Waals surface area contributed by atoms with E-state index >= 15 is 0 Å². The van der Waals surface area contributed by atoms with Crippen molar-refractivity contribution in [1.82, 2.24) is 4.90 Å². The van der Waals surface area contributed by atoms with Gasteiger partial charge < -0.3 is 20.7 Å². The Bertz CT molecular complexity index is 938. The molecule has 2 amide bonds. The summed E-state index contributed by atoms with van der Waals surface area (Å²) < 4.78 is 19.8. The van der Waals surface area contributed by atoms with Gasteiger partial charge >= 0.3 is 5.97 Å². The number of allylic oxidation sites excluding steroid dienone is 1. The third kappa shape index (κ3) is 11.6. The van der Waals surface area contributed by atoms with Crippen molar-refractivity contribution in [3.8, 4) is 0 Å². The van der Waals surface area contributed by atoms with E-state index in [1.807, 2.05) is 48.5 Å². The zero-order chi connectivity index (χ0) is 28.1. The number of esters is 1. The molecule has 202 valence electrons. The summed E-state index contributed by atoms with van der Waals surface area (Å²) in [6.07, 6.45) is 4.26. The van der Waals surface area contributed by atoms with Crippen LogP contribution in [0.5, 0.6) is 0 Å². The second kappa shape index (κ2) is 15.8. The van der Waals surface area contributed by atoms with E-state index in [0.717, 1.165) is 12.5 Å². The van der Waals surface area contributed by atoms with Gasteiger partial charge in [0.15, 0.2) is 6.73 Å².